The van der Waals surface area contributed by atoms with Crippen LogP contribution in [0.1, 0.15) is 12.5 Å². The molecule has 0 aliphatic rings. The number of nitrogens with one attached hydrogen (secondary N) is 1. The van der Waals surface area contributed by atoms with Crippen LogP contribution < -0.4 is 5.32 Å². The van der Waals surface area contributed by atoms with Crippen LogP contribution in [-0.4, -0.2) is 22.1 Å². The monoisotopic (exact) mass is 264 g/mol. The molecule has 1 atom stereocenters. The van der Waals surface area contributed by atoms with Gasteiger partial charge in [0, 0.05) is 17.5 Å². The van der Waals surface area contributed by atoms with Crippen molar-refractivity contribution < 1.29 is 9.90 Å². The Kier molecular flexibility index (Phi) is 3.79. The first-order chi connectivity index (χ1) is 8.58. The van der Waals surface area contributed by atoms with E-state index < -0.39 is 12.0 Å². The molecule has 0 aliphatic heterocycles. The highest BCUT2D eigenvalue weighted by Gasteiger charge is 2.11. The van der Waals surface area contributed by atoms with Crippen molar-refractivity contribution in [2.45, 2.75) is 19.5 Å². The Balaban J connectivity index is 2.23. The average Bonchev–Trinajstić information content (AvgIpc) is 2.35. The van der Waals surface area contributed by atoms with Gasteiger partial charge in [-0.25, -0.2) is 4.98 Å². The standard InChI is InChI=1S/C13H13ClN2O2/c1-8(13(17)18)15-7-10-6-9-4-2-3-5-11(9)16-12(10)14/h2-6,8,15H,7H2,1H3,(H,17,18)/t8-/m1/s1. The van der Waals surface area contributed by atoms with Crippen molar-refractivity contribution in [2.75, 3.05) is 0 Å². The molecule has 0 bridgehead atoms. The van der Waals surface area contributed by atoms with Crippen molar-refractivity contribution in [1.82, 2.24) is 10.3 Å². The zero-order chi connectivity index (χ0) is 13.1. The highest BCUT2D eigenvalue weighted by molar-refractivity contribution is 6.30. The molecule has 5 heteroatoms. The summed E-state index contributed by atoms with van der Waals surface area (Å²) in [5.41, 5.74) is 1.63. The second kappa shape index (κ2) is 5.33. The van der Waals surface area contributed by atoms with Gasteiger partial charge in [0.25, 0.3) is 0 Å². The molecule has 0 amide bonds. The molecule has 2 aromatic rings. The van der Waals surface area contributed by atoms with Gasteiger partial charge in [-0.15, -0.1) is 0 Å². The molecule has 18 heavy (non-hydrogen) atoms. The minimum atomic E-state index is -0.889. The van der Waals surface area contributed by atoms with E-state index in [1.807, 2.05) is 30.3 Å². The SMILES string of the molecule is C[C@@H](NCc1cc2ccccc2nc1Cl)C(=O)O. The lowest BCUT2D eigenvalue weighted by Gasteiger charge is -2.10. The number of carbonyl (C=O) groups is 1. The minimum absolute atomic E-state index is 0.379. The Morgan fingerprint density at radius 1 is 1.50 bits per heavy atom. The molecule has 0 radical (unpaired) electrons. The Hall–Kier alpha value is -1.65. The molecule has 0 spiro atoms. The first-order valence-electron chi connectivity index (χ1n) is 5.58. The predicted molar refractivity (Wildman–Crippen MR) is 70.7 cm³/mol. The molecule has 1 heterocycles. The van der Waals surface area contributed by atoms with Gasteiger partial charge in [0.15, 0.2) is 0 Å². The lowest BCUT2D eigenvalue weighted by Crippen LogP contribution is -2.33. The number of fused-ring (bicyclic) bond motifs is 1. The fourth-order valence-corrected chi connectivity index (χ4v) is 1.82. The molecule has 0 fully saturated rings. The van der Waals surface area contributed by atoms with Crippen molar-refractivity contribution in [3.63, 3.8) is 0 Å². The number of benzene rings is 1. The summed E-state index contributed by atoms with van der Waals surface area (Å²) in [7, 11) is 0. The maximum Gasteiger partial charge on any atom is 0.320 e. The first kappa shape index (κ1) is 12.8. The number of halogens is 1. The number of nitrogens with zero attached hydrogens (tertiary/aromatic N) is 1. The van der Waals surface area contributed by atoms with E-state index >= 15 is 0 Å². The quantitative estimate of drug-likeness (QED) is 0.833. The van der Waals surface area contributed by atoms with Crippen LogP contribution >= 0.6 is 11.6 Å². The largest absolute Gasteiger partial charge is 0.480 e. The Labute approximate surface area is 110 Å². The molecule has 94 valence electrons. The summed E-state index contributed by atoms with van der Waals surface area (Å²) in [5, 5.41) is 13.1. The summed E-state index contributed by atoms with van der Waals surface area (Å²) >= 11 is 6.07. The number of carboxylic acid groups (broad SMARTS) is 1. The van der Waals surface area contributed by atoms with Crippen molar-refractivity contribution in [1.29, 1.82) is 0 Å². The van der Waals surface area contributed by atoms with Crippen molar-refractivity contribution in [3.8, 4) is 0 Å². The topological polar surface area (TPSA) is 62.2 Å². The van der Waals surface area contributed by atoms with Crippen LogP contribution in [0.15, 0.2) is 30.3 Å². The molecule has 1 aromatic carbocycles. The highest BCUT2D eigenvalue weighted by atomic mass is 35.5. The van der Waals surface area contributed by atoms with Crippen molar-refractivity contribution >= 4 is 28.5 Å². The maximum atomic E-state index is 10.7. The lowest BCUT2D eigenvalue weighted by molar-refractivity contribution is -0.139. The molecule has 0 aliphatic carbocycles. The summed E-state index contributed by atoms with van der Waals surface area (Å²) in [6.07, 6.45) is 0. The number of pyridine rings is 1. The van der Waals surface area contributed by atoms with Gasteiger partial charge in [0.2, 0.25) is 0 Å². The van der Waals surface area contributed by atoms with E-state index in [1.54, 1.807) is 6.92 Å². The van der Waals surface area contributed by atoms with Gasteiger partial charge in [0.1, 0.15) is 11.2 Å². The van der Waals surface area contributed by atoms with Crippen LogP contribution in [0.5, 0.6) is 0 Å². The van der Waals surface area contributed by atoms with Crippen LogP contribution in [-0.2, 0) is 11.3 Å². The normalized spacial score (nSPS) is 12.6. The maximum absolute atomic E-state index is 10.7. The predicted octanol–water partition coefficient (Wildman–Crippen LogP) is 2.45. The van der Waals surface area contributed by atoms with Gasteiger partial charge in [-0.3, -0.25) is 4.79 Å². The van der Waals surface area contributed by atoms with Gasteiger partial charge in [-0.2, -0.15) is 0 Å². The summed E-state index contributed by atoms with van der Waals surface area (Å²) in [5.74, 6) is -0.889. The molecule has 0 saturated heterocycles. The summed E-state index contributed by atoms with van der Waals surface area (Å²) in [6.45, 7) is 1.97. The third-order valence-corrected chi connectivity index (χ3v) is 3.05. The smallest absolute Gasteiger partial charge is 0.320 e. The van der Waals surface area contributed by atoms with Gasteiger partial charge < -0.3 is 10.4 Å². The minimum Gasteiger partial charge on any atom is -0.480 e. The van der Waals surface area contributed by atoms with E-state index in [0.29, 0.717) is 11.7 Å². The average molecular weight is 265 g/mol. The van der Waals surface area contributed by atoms with Crippen LogP contribution in [0.2, 0.25) is 5.15 Å². The number of para-hydroxylation sites is 1. The third-order valence-electron chi connectivity index (χ3n) is 2.72. The first-order valence-corrected chi connectivity index (χ1v) is 5.96. The highest BCUT2D eigenvalue weighted by Crippen LogP contribution is 2.20. The fourth-order valence-electron chi connectivity index (χ4n) is 1.61. The molecule has 0 saturated carbocycles. The number of aromatic nitrogens is 1. The van der Waals surface area contributed by atoms with E-state index in [-0.39, 0.29) is 0 Å². The number of hydrogen-bond acceptors (Lipinski definition) is 3. The third kappa shape index (κ3) is 2.78. The molecular weight excluding hydrogens is 252 g/mol. The van der Waals surface area contributed by atoms with Crippen LogP contribution in [0.4, 0.5) is 0 Å². The zero-order valence-electron chi connectivity index (χ0n) is 9.85. The van der Waals surface area contributed by atoms with Crippen molar-refractivity contribution in [3.05, 3.63) is 41.0 Å². The van der Waals surface area contributed by atoms with Crippen LogP contribution in [0.25, 0.3) is 10.9 Å². The van der Waals surface area contributed by atoms with E-state index in [2.05, 4.69) is 10.3 Å². The Morgan fingerprint density at radius 2 is 2.22 bits per heavy atom. The summed E-state index contributed by atoms with van der Waals surface area (Å²) in [6, 6.07) is 8.96. The van der Waals surface area contributed by atoms with Crippen molar-refractivity contribution in [2.24, 2.45) is 0 Å². The number of aliphatic carboxylic acids is 1. The van der Waals surface area contributed by atoms with Gasteiger partial charge >= 0.3 is 5.97 Å². The molecule has 2 N–H and O–H groups in total. The number of hydrogen-bond donors (Lipinski definition) is 2. The number of rotatable bonds is 4. The Morgan fingerprint density at radius 3 is 2.94 bits per heavy atom. The van der Waals surface area contributed by atoms with E-state index in [0.717, 1.165) is 16.5 Å². The van der Waals surface area contributed by atoms with Crippen LogP contribution in [0.3, 0.4) is 0 Å². The molecule has 4 nitrogen and oxygen atoms in total. The fraction of sp³-hybridized carbons (Fsp3) is 0.231. The Bertz CT molecular complexity index is 586. The van der Waals surface area contributed by atoms with E-state index in [4.69, 9.17) is 16.7 Å². The molecule has 1 aromatic heterocycles. The van der Waals surface area contributed by atoms with Crippen LogP contribution in [0, 0.1) is 0 Å². The van der Waals surface area contributed by atoms with Gasteiger partial charge in [-0.1, -0.05) is 29.8 Å². The molecule has 2 rings (SSSR count). The van der Waals surface area contributed by atoms with E-state index in [1.165, 1.54) is 0 Å². The molecule has 0 unspecified atom stereocenters. The van der Waals surface area contributed by atoms with E-state index in [9.17, 15) is 4.79 Å². The summed E-state index contributed by atoms with van der Waals surface area (Å²) < 4.78 is 0. The molecular formula is C13H13ClN2O2. The number of carboxylic acids is 1. The second-order valence-electron chi connectivity index (χ2n) is 4.07. The summed E-state index contributed by atoms with van der Waals surface area (Å²) in [4.78, 5) is 15.0. The lowest BCUT2D eigenvalue weighted by atomic mass is 10.1. The zero-order valence-corrected chi connectivity index (χ0v) is 10.6. The van der Waals surface area contributed by atoms with Gasteiger partial charge in [-0.05, 0) is 19.1 Å². The van der Waals surface area contributed by atoms with Gasteiger partial charge in [0.05, 0.1) is 5.52 Å². The second-order valence-corrected chi connectivity index (χ2v) is 4.43.